The van der Waals surface area contributed by atoms with E-state index in [2.05, 4.69) is 0 Å². The molecule has 0 aliphatic carbocycles. The van der Waals surface area contributed by atoms with Crippen LogP contribution in [0.3, 0.4) is 0 Å². The van der Waals surface area contributed by atoms with Gasteiger partial charge in [0.1, 0.15) is 0 Å². The van der Waals surface area contributed by atoms with E-state index in [0.717, 1.165) is 0 Å². The fraction of sp³-hybridized carbons (Fsp3) is 0.917. The molecule has 7 heteroatoms. The second-order valence-corrected chi connectivity index (χ2v) is 7.48. The summed E-state index contributed by atoms with van der Waals surface area (Å²) >= 11 is 0. The van der Waals surface area contributed by atoms with Crippen LogP contribution in [-0.4, -0.2) is 53.3 Å². The highest BCUT2D eigenvalue weighted by atomic mass is 31.2. The Morgan fingerprint density at radius 1 is 1.53 bits per heavy atom. The summed E-state index contributed by atoms with van der Waals surface area (Å²) in [5.74, 6) is -0.0619. The minimum Gasteiger partial charge on any atom is -0.380 e. The Balaban J connectivity index is 2.65. The van der Waals surface area contributed by atoms with Gasteiger partial charge in [-0.2, -0.15) is 0 Å². The Morgan fingerprint density at radius 2 is 2.16 bits per heavy atom. The summed E-state index contributed by atoms with van der Waals surface area (Å²) in [7, 11) is -3.60. The molecule has 1 aliphatic rings. The highest BCUT2D eigenvalue weighted by Gasteiger charge is 2.38. The number of nitrogens with zero attached hydrogens (tertiary/aromatic N) is 1. The summed E-state index contributed by atoms with van der Waals surface area (Å²) in [5.41, 5.74) is -0.441. The standard InChI is InChI=1S/C12H24NO5P/c1-5-17-8-11-6-12(7-13(11)10(4)14)18-19(15,16)9(2)3/h9,11-12H,5-8H2,1-4H3,(H,15,16)/t11-,12+/m0/s1. The SMILES string of the molecule is CCOC[C@@H]1C[C@@H](OP(=O)(O)C(C)C)CN1C(C)=O. The lowest BCUT2D eigenvalue weighted by Gasteiger charge is -2.22. The van der Waals surface area contributed by atoms with E-state index in [9.17, 15) is 14.3 Å². The molecule has 1 unspecified atom stereocenters. The maximum absolute atomic E-state index is 11.9. The molecule has 1 fully saturated rings. The molecule has 1 aliphatic heterocycles. The van der Waals surface area contributed by atoms with Gasteiger partial charge in [0.15, 0.2) is 0 Å². The molecule has 1 N–H and O–H groups in total. The molecule has 0 radical (unpaired) electrons. The van der Waals surface area contributed by atoms with Gasteiger partial charge in [-0.15, -0.1) is 0 Å². The van der Waals surface area contributed by atoms with Crippen molar-refractivity contribution in [3.05, 3.63) is 0 Å². The Kier molecular flexibility index (Phi) is 5.99. The fourth-order valence-electron chi connectivity index (χ4n) is 2.08. The molecule has 1 rings (SSSR count). The first-order valence-electron chi connectivity index (χ1n) is 6.63. The molecule has 0 aromatic carbocycles. The van der Waals surface area contributed by atoms with E-state index in [1.54, 1.807) is 18.7 Å². The van der Waals surface area contributed by atoms with Gasteiger partial charge in [0.25, 0.3) is 0 Å². The maximum atomic E-state index is 11.9. The molecule has 3 atom stereocenters. The van der Waals surface area contributed by atoms with E-state index in [0.29, 0.717) is 26.2 Å². The number of hydrogen-bond acceptors (Lipinski definition) is 4. The van der Waals surface area contributed by atoms with Crippen LogP contribution >= 0.6 is 7.60 Å². The monoisotopic (exact) mass is 293 g/mol. The molecular formula is C12H24NO5P. The molecule has 0 aromatic heterocycles. The highest BCUT2D eigenvalue weighted by Crippen LogP contribution is 2.49. The number of carbonyl (C=O) groups excluding carboxylic acids is 1. The van der Waals surface area contributed by atoms with Crippen molar-refractivity contribution in [3.63, 3.8) is 0 Å². The predicted octanol–water partition coefficient (Wildman–Crippen LogP) is 1.62. The lowest BCUT2D eigenvalue weighted by Crippen LogP contribution is -2.37. The van der Waals surface area contributed by atoms with Crippen LogP contribution in [0.4, 0.5) is 0 Å². The summed E-state index contributed by atoms with van der Waals surface area (Å²) in [5, 5.41) is 0. The second kappa shape index (κ2) is 6.84. The molecule has 1 amide bonds. The van der Waals surface area contributed by atoms with Crippen LogP contribution in [0.1, 0.15) is 34.1 Å². The number of carbonyl (C=O) groups is 1. The number of hydrogen-bond donors (Lipinski definition) is 1. The zero-order valence-corrected chi connectivity index (χ0v) is 12.9. The topological polar surface area (TPSA) is 76.1 Å². The molecule has 112 valence electrons. The molecule has 1 saturated heterocycles. The largest absolute Gasteiger partial charge is 0.380 e. The van der Waals surface area contributed by atoms with Crippen LogP contribution in [0.2, 0.25) is 0 Å². The molecule has 1 heterocycles. The van der Waals surface area contributed by atoms with Crippen molar-refractivity contribution in [2.24, 2.45) is 0 Å². The molecular weight excluding hydrogens is 269 g/mol. The van der Waals surface area contributed by atoms with E-state index < -0.39 is 19.4 Å². The van der Waals surface area contributed by atoms with Crippen LogP contribution in [-0.2, 0) is 18.6 Å². The van der Waals surface area contributed by atoms with Crippen LogP contribution in [0, 0.1) is 0 Å². The van der Waals surface area contributed by atoms with Crippen LogP contribution in [0.15, 0.2) is 0 Å². The van der Waals surface area contributed by atoms with Crippen molar-refractivity contribution in [3.8, 4) is 0 Å². The normalized spacial score (nSPS) is 26.7. The minimum atomic E-state index is -3.60. The zero-order valence-electron chi connectivity index (χ0n) is 12.0. The molecule has 0 saturated carbocycles. The first kappa shape index (κ1) is 16.6. The lowest BCUT2D eigenvalue weighted by molar-refractivity contribution is -0.130. The molecule has 0 aromatic rings. The van der Waals surface area contributed by atoms with E-state index in [1.807, 2.05) is 6.92 Å². The Morgan fingerprint density at radius 3 is 2.63 bits per heavy atom. The third-order valence-corrected chi connectivity index (χ3v) is 5.15. The highest BCUT2D eigenvalue weighted by molar-refractivity contribution is 7.53. The van der Waals surface area contributed by atoms with Gasteiger partial charge in [0.2, 0.25) is 5.91 Å². The third-order valence-electron chi connectivity index (χ3n) is 3.25. The molecule has 19 heavy (non-hydrogen) atoms. The van der Waals surface area contributed by atoms with Gasteiger partial charge in [0, 0.05) is 20.1 Å². The number of rotatable bonds is 6. The first-order valence-corrected chi connectivity index (χ1v) is 8.28. The van der Waals surface area contributed by atoms with Gasteiger partial charge in [-0.05, 0) is 13.3 Å². The number of ether oxygens (including phenoxy) is 1. The summed E-state index contributed by atoms with van der Waals surface area (Å²) in [6, 6.07) is -0.0744. The average Bonchev–Trinajstić information content (AvgIpc) is 2.68. The second-order valence-electron chi connectivity index (χ2n) is 5.11. The number of likely N-dealkylation sites (tertiary alicyclic amines) is 1. The van der Waals surface area contributed by atoms with E-state index >= 15 is 0 Å². The summed E-state index contributed by atoms with van der Waals surface area (Å²) < 4.78 is 22.5. The predicted molar refractivity (Wildman–Crippen MR) is 72.1 cm³/mol. The van der Waals surface area contributed by atoms with Gasteiger partial charge in [-0.1, -0.05) is 13.8 Å². The third kappa shape index (κ3) is 4.56. The van der Waals surface area contributed by atoms with E-state index in [-0.39, 0.29) is 11.9 Å². The van der Waals surface area contributed by atoms with Gasteiger partial charge < -0.3 is 19.1 Å². The van der Waals surface area contributed by atoms with Crippen molar-refractivity contribution in [1.29, 1.82) is 0 Å². The lowest BCUT2D eigenvalue weighted by atomic mass is 10.2. The van der Waals surface area contributed by atoms with Crippen molar-refractivity contribution < 1.29 is 23.5 Å². The molecule has 0 spiro atoms. The molecule has 0 bridgehead atoms. The van der Waals surface area contributed by atoms with Crippen molar-refractivity contribution >= 4 is 13.5 Å². The van der Waals surface area contributed by atoms with Crippen LogP contribution in [0.25, 0.3) is 0 Å². The van der Waals surface area contributed by atoms with Gasteiger partial charge in [-0.3, -0.25) is 9.36 Å². The maximum Gasteiger partial charge on any atom is 0.330 e. The Labute approximate surface area is 114 Å². The Bertz CT molecular complexity index is 360. The summed E-state index contributed by atoms with van der Waals surface area (Å²) in [4.78, 5) is 22.9. The fourth-order valence-corrected chi connectivity index (χ4v) is 2.91. The smallest absolute Gasteiger partial charge is 0.330 e. The first-order chi connectivity index (χ1) is 8.77. The molecule has 6 nitrogen and oxygen atoms in total. The number of amides is 1. The summed E-state index contributed by atoms with van der Waals surface area (Å²) in [6.07, 6.45) is 0.143. The quantitative estimate of drug-likeness (QED) is 0.753. The minimum absolute atomic E-state index is 0.0619. The van der Waals surface area contributed by atoms with Gasteiger partial charge in [-0.25, -0.2) is 0 Å². The van der Waals surface area contributed by atoms with E-state index in [1.165, 1.54) is 6.92 Å². The van der Waals surface area contributed by atoms with Crippen LogP contribution < -0.4 is 0 Å². The zero-order chi connectivity index (χ0) is 14.6. The Hall–Kier alpha value is -0.420. The van der Waals surface area contributed by atoms with Crippen molar-refractivity contribution in [2.75, 3.05) is 19.8 Å². The van der Waals surface area contributed by atoms with Crippen LogP contribution in [0.5, 0.6) is 0 Å². The van der Waals surface area contributed by atoms with E-state index in [4.69, 9.17) is 9.26 Å². The van der Waals surface area contributed by atoms with Gasteiger partial charge in [0.05, 0.1) is 24.4 Å². The summed E-state index contributed by atoms with van der Waals surface area (Å²) in [6.45, 7) is 8.05. The van der Waals surface area contributed by atoms with Crippen molar-refractivity contribution in [1.82, 2.24) is 4.90 Å². The van der Waals surface area contributed by atoms with Gasteiger partial charge >= 0.3 is 7.60 Å². The average molecular weight is 293 g/mol. The van der Waals surface area contributed by atoms with Crippen molar-refractivity contribution in [2.45, 2.75) is 51.9 Å².